The highest BCUT2D eigenvalue weighted by molar-refractivity contribution is 5.78. The van der Waals surface area contributed by atoms with Gasteiger partial charge in [0.2, 0.25) is 5.91 Å². The van der Waals surface area contributed by atoms with Crippen molar-refractivity contribution in [2.45, 2.75) is 45.1 Å². The summed E-state index contributed by atoms with van der Waals surface area (Å²) in [4.78, 5) is 12.0. The van der Waals surface area contributed by atoms with Crippen LogP contribution in [0.1, 0.15) is 36.8 Å². The number of benzene rings is 1. The van der Waals surface area contributed by atoms with Gasteiger partial charge in [-0.25, -0.2) is 0 Å². The third-order valence-electron chi connectivity index (χ3n) is 3.72. The van der Waals surface area contributed by atoms with Crippen molar-refractivity contribution < 1.29 is 4.79 Å². The zero-order chi connectivity index (χ0) is 13.7. The summed E-state index contributed by atoms with van der Waals surface area (Å²) in [5, 5.41) is 11.9. The Morgan fingerprint density at radius 2 is 2.11 bits per heavy atom. The van der Waals surface area contributed by atoms with Gasteiger partial charge in [0.15, 0.2) is 0 Å². The Balaban J connectivity index is 1.81. The van der Waals surface area contributed by atoms with Crippen LogP contribution in [0.25, 0.3) is 0 Å². The minimum Gasteiger partial charge on any atom is -0.353 e. The maximum Gasteiger partial charge on any atom is 0.224 e. The van der Waals surface area contributed by atoms with Crippen LogP contribution in [-0.4, -0.2) is 11.9 Å². The quantitative estimate of drug-likeness (QED) is 0.904. The van der Waals surface area contributed by atoms with Gasteiger partial charge in [-0.2, -0.15) is 5.26 Å². The van der Waals surface area contributed by atoms with E-state index < -0.39 is 0 Å². The molecule has 0 saturated heterocycles. The normalized spacial score (nSPS) is 22.5. The number of hydrogen-bond donors (Lipinski definition) is 1. The van der Waals surface area contributed by atoms with Gasteiger partial charge in [-0.3, -0.25) is 4.79 Å². The molecule has 2 rings (SSSR count). The van der Waals surface area contributed by atoms with E-state index in [0.29, 0.717) is 6.42 Å². The van der Waals surface area contributed by atoms with Gasteiger partial charge < -0.3 is 5.32 Å². The zero-order valence-corrected chi connectivity index (χ0v) is 11.4. The van der Waals surface area contributed by atoms with E-state index in [9.17, 15) is 4.79 Å². The molecule has 0 unspecified atom stereocenters. The second-order valence-electron chi connectivity index (χ2n) is 5.41. The molecule has 0 aliphatic heterocycles. The van der Waals surface area contributed by atoms with E-state index in [1.807, 2.05) is 31.2 Å². The van der Waals surface area contributed by atoms with Gasteiger partial charge in [0.1, 0.15) is 0 Å². The van der Waals surface area contributed by atoms with E-state index in [0.717, 1.165) is 31.2 Å². The molecule has 3 nitrogen and oxygen atoms in total. The average Bonchev–Trinajstić information content (AvgIpc) is 2.39. The van der Waals surface area contributed by atoms with Crippen LogP contribution >= 0.6 is 0 Å². The van der Waals surface area contributed by atoms with E-state index in [1.54, 1.807) is 0 Å². The van der Waals surface area contributed by atoms with Crippen molar-refractivity contribution in [2.75, 3.05) is 0 Å². The molecule has 0 atom stereocenters. The first-order chi connectivity index (χ1) is 9.17. The first-order valence-electron chi connectivity index (χ1n) is 6.92. The minimum atomic E-state index is 0.0889. The van der Waals surface area contributed by atoms with Crippen LogP contribution in [0.4, 0.5) is 0 Å². The predicted molar refractivity (Wildman–Crippen MR) is 74.4 cm³/mol. The summed E-state index contributed by atoms with van der Waals surface area (Å²) in [5.41, 5.74) is 2.24. The number of carbonyl (C=O) groups excluding carboxylic acids is 1. The number of nitrogens with zero attached hydrogens (tertiary/aromatic N) is 1. The molecule has 1 aromatic rings. The third kappa shape index (κ3) is 4.10. The van der Waals surface area contributed by atoms with Crippen molar-refractivity contribution in [3.8, 4) is 6.07 Å². The van der Waals surface area contributed by atoms with E-state index in [-0.39, 0.29) is 17.9 Å². The van der Waals surface area contributed by atoms with Crippen molar-refractivity contribution in [3.05, 3.63) is 35.4 Å². The van der Waals surface area contributed by atoms with Crippen molar-refractivity contribution in [1.29, 1.82) is 5.26 Å². The molecular weight excluding hydrogens is 236 g/mol. The molecule has 1 aliphatic rings. The van der Waals surface area contributed by atoms with Gasteiger partial charge in [0.05, 0.1) is 12.5 Å². The molecule has 1 aliphatic carbocycles. The smallest absolute Gasteiger partial charge is 0.224 e. The lowest BCUT2D eigenvalue weighted by Crippen LogP contribution is -2.38. The zero-order valence-electron chi connectivity index (χ0n) is 11.4. The SMILES string of the molecule is Cc1cccc(CC(=O)NC2CCC(C#N)CC2)c1. The Morgan fingerprint density at radius 1 is 1.37 bits per heavy atom. The number of aryl methyl sites for hydroxylation is 1. The fourth-order valence-electron chi connectivity index (χ4n) is 2.65. The molecule has 0 radical (unpaired) electrons. The first kappa shape index (κ1) is 13.6. The molecular formula is C16H20N2O. The van der Waals surface area contributed by atoms with E-state index in [4.69, 9.17) is 5.26 Å². The van der Waals surface area contributed by atoms with Gasteiger partial charge in [-0.05, 0) is 38.2 Å². The summed E-state index contributed by atoms with van der Waals surface area (Å²) in [6.45, 7) is 2.03. The van der Waals surface area contributed by atoms with Crippen molar-refractivity contribution >= 4 is 5.91 Å². The molecule has 19 heavy (non-hydrogen) atoms. The summed E-state index contributed by atoms with van der Waals surface area (Å²) < 4.78 is 0. The van der Waals surface area contributed by atoms with E-state index in [1.165, 1.54) is 5.56 Å². The lowest BCUT2D eigenvalue weighted by Gasteiger charge is -2.25. The molecule has 3 heteroatoms. The van der Waals surface area contributed by atoms with Crippen molar-refractivity contribution in [2.24, 2.45) is 5.92 Å². The maximum atomic E-state index is 12.0. The molecule has 0 spiro atoms. The summed E-state index contributed by atoms with van der Waals surface area (Å²) in [6, 6.07) is 10.6. The van der Waals surface area contributed by atoms with Crippen LogP contribution in [0.15, 0.2) is 24.3 Å². The van der Waals surface area contributed by atoms with Gasteiger partial charge in [-0.15, -0.1) is 0 Å². The van der Waals surface area contributed by atoms with Crippen LogP contribution in [0, 0.1) is 24.2 Å². The Morgan fingerprint density at radius 3 is 2.74 bits per heavy atom. The summed E-state index contributed by atoms with van der Waals surface area (Å²) >= 11 is 0. The molecule has 100 valence electrons. The predicted octanol–water partition coefficient (Wildman–Crippen LogP) is 2.74. The second-order valence-corrected chi connectivity index (χ2v) is 5.41. The lowest BCUT2D eigenvalue weighted by molar-refractivity contribution is -0.121. The fraction of sp³-hybridized carbons (Fsp3) is 0.500. The highest BCUT2D eigenvalue weighted by Gasteiger charge is 2.21. The highest BCUT2D eigenvalue weighted by Crippen LogP contribution is 2.23. The Labute approximate surface area is 114 Å². The Hall–Kier alpha value is -1.82. The summed E-state index contributed by atoms with van der Waals surface area (Å²) in [6.07, 6.45) is 4.12. The third-order valence-corrected chi connectivity index (χ3v) is 3.72. The van der Waals surface area contributed by atoms with Crippen LogP contribution in [-0.2, 0) is 11.2 Å². The Kier molecular flexibility index (Phi) is 4.57. The number of carbonyl (C=O) groups is 1. The molecule has 0 bridgehead atoms. The Bertz CT molecular complexity index is 482. The molecule has 1 saturated carbocycles. The van der Waals surface area contributed by atoms with Gasteiger partial charge >= 0.3 is 0 Å². The van der Waals surface area contributed by atoms with Gasteiger partial charge in [-0.1, -0.05) is 29.8 Å². The maximum absolute atomic E-state index is 12.0. The van der Waals surface area contributed by atoms with Crippen molar-refractivity contribution in [1.82, 2.24) is 5.32 Å². The molecule has 1 N–H and O–H groups in total. The number of rotatable bonds is 3. The molecule has 1 aromatic carbocycles. The first-order valence-corrected chi connectivity index (χ1v) is 6.92. The molecule has 0 heterocycles. The van der Waals surface area contributed by atoms with E-state index in [2.05, 4.69) is 11.4 Å². The molecule has 1 fully saturated rings. The van der Waals surface area contributed by atoms with Gasteiger partial charge in [0, 0.05) is 12.0 Å². The van der Waals surface area contributed by atoms with Crippen LogP contribution < -0.4 is 5.32 Å². The number of amides is 1. The highest BCUT2D eigenvalue weighted by atomic mass is 16.1. The average molecular weight is 256 g/mol. The van der Waals surface area contributed by atoms with E-state index >= 15 is 0 Å². The fourth-order valence-corrected chi connectivity index (χ4v) is 2.65. The van der Waals surface area contributed by atoms with Crippen molar-refractivity contribution in [3.63, 3.8) is 0 Å². The summed E-state index contributed by atoms with van der Waals surface area (Å²) in [5.74, 6) is 0.274. The molecule has 1 amide bonds. The number of nitriles is 1. The number of nitrogens with one attached hydrogen (secondary N) is 1. The van der Waals surface area contributed by atoms with Crippen LogP contribution in [0.3, 0.4) is 0 Å². The van der Waals surface area contributed by atoms with Crippen LogP contribution in [0.2, 0.25) is 0 Å². The largest absolute Gasteiger partial charge is 0.353 e. The monoisotopic (exact) mass is 256 g/mol. The lowest BCUT2D eigenvalue weighted by atomic mass is 9.87. The topological polar surface area (TPSA) is 52.9 Å². The molecule has 0 aromatic heterocycles. The second kappa shape index (κ2) is 6.38. The van der Waals surface area contributed by atoms with Gasteiger partial charge in [0.25, 0.3) is 0 Å². The number of hydrogen-bond acceptors (Lipinski definition) is 2. The standard InChI is InChI=1S/C16H20N2O/c1-12-3-2-4-14(9-12)10-16(19)18-15-7-5-13(11-17)6-8-15/h2-4,9,13,15H,5-8,10H2,1H3,(H,18,19). The minimum absolute atomic E-state index is 0.0889. The summed E-state index contributed by atoms with van der Waals surface area (Å²) in [7, 11) is 0. The van der Waals surface area contributed by atoms with Crippen LogP contribution in [0.5, 0.6) is 0 Å².